The Bertz CT molecular complexity index is 349. The molecule has 0 saturated carbocycles. The minimum atomic E-state index is -2.91. The van der Waals surface area contributed by atoms with Gasteiger partial charge in [-0.1, -0.05) is 11.6 Å². The predicted octanol–water partition coefficient (Wildman–Crippen LogP) is 2.10. The van der Waals surface area contributed by atoms with Crippen LogP contribution in [-0.2, 0) is 0 Å². The van der Waals surface area contributed by atoms with Crippen LogP contribution < -0.4 is 5.56 Å². The van der Waals surface area contributed by atoms with Crippen LogP contribution in [0, 0.1) is 5.82 Å². The van der Waals surface area contributed by atoms with E-state index in [0.717, 1.165) is 0 Å². The Morgan fingerprint density at radius 3 is 2.58 bits per heavy atom. The highest BCUT2D eigenvalue weighted by Crippen LogP contribution is 2.23. The lowest BCUT2D eigenvalue weighted by atomic mass is 10.3. The average Bonchev–Trinajstić information content (AvgIpc) is 1.96. The van der Waals surface area contributed by atoms with E-state index in [4.69, 9.17) is 11.6 Å². The van der Waals surface area contributed by atoms with Crippen LogP contribution >= 0.6 is 11.6 Å². The normalized spacial score (nSPS) is 10.8. The van der Waals surface area contributed by atoms with Gasteiger partial charge in [0.15, 0.2) is 5.82 Å². The van der Waals surface area contributed by atoms with Crippen LogP contribution in [-0.4, -0.2) is 4.98 Å². The Hall–Kier alpha value is -0.970. The molecule has 0 aliphatic heterocycles. The van der Waals surface area contributed by atoms with Crippen molar-refractivity contribution in [2.75, 3.05) is 0 Å². The number of rotatable bonds is 1. The standard InChI is InChI=1S/C6H3ClF3NO/c7-2-1-3(8)6(12)11-4(2)5(9)10/h1,5H,(H,11,12). The van der Waals surface area contributed by atoms with Gasteiger partial charge >= 0.3 is 0 Å². The van der Waals surface area contributed by atoms with Gasteiger partial charge in [0.1, 0.15) is 5.69 Å². The zero-order valence-electron chi connectivity index (χ0n) is 5.57. The first-order valence-corrected chi connectivity index (χ1v) is 3.26. The molecule has 0 spiro atoms. The molecule has 12 heavy (non-hydrogen) atoms. The van der Waals surface area contributed by atoms with Crippen molar-refractivity contribution in [3.8, 4) is 0 Å². The van der Waals surface area contributed by atoms with Crippen molar-refractivity contribution in [1.82, 2.24) is 4.98 Å². The van der Waals surface area contributed by atoms with E-state index in [1.165, 1.54) is 0 Å². The van der Waals surface area contributed by atoms with Gasteiger partial charge in [-0.3, -0.25) is 4.79 Å². The van der Waals surface area contributed by atoms with Crippen LogP contribution in [0.25, 0.3) is 0 Å². The highest BCUT2D eigenvalue weighted by Gasteiger charge is 2.14. The molecule has 1 heterocycles. The third kappa shape index (κ3) is 1.61. The maximum absolute atomic E-state index is 12.3. The first-order valence-electron chi connectivity index (χ1n) is 2.88. The van der Waals surface area contributed by atoms with E-state index in [1.54, 1.807) is 4.98 Å². The van der Waals surface area contributed by atoms with Crippen molar-refractivity contribution in [2.24, 2.45) is 0 Å². The lowest BCUT2D eigenvalue weighted by molar-refractivity contribution is 0.145. The minimum Gasteiger partial charge on any atom is -0.317 e. The molecule has 0 unspecified atom stereocenters. The van der Waals surface area contributed by atoms with Crippen LogP contribution in [0.3, 0.4) is 0 Å². The molecule has 0 amide bonds. The summed E-state index contributed by atoms with van der Waals surface area (Å²) in [6.45, 7) is 0. The minimum absolute atomic E-state index is 0.484. The molecule has 1 aromatic heterocycles. The fourth-order valence-corrected chi connectivity index (χ4v) is 0.881. The topological polar surface area (TPSA) is 32.9 Å². The molecule has 0 aliphatic rings. The molecule has 1 rings (SSSR count). The first-order chi connectivity index (χ1) is 5.52. The zero-order chi connectivity index (χ0) is 9.30. The van der Waals surface area contributed by atoms with Gasteiger partial charge in [-0.05, 0) is 0 Å². The molecule has 0 radical (unpaired) electrons. The third-order valence-electron chi connectivity index (χ3n) is 1.19. The molecule has 0 atom stereocenters. The smallest absolute Gasteiger partial charge is 0.284 e. The molecule has 0 fully saturated rings. The highest BCUT2D eigenvalue weighted by atomic mass is 35.5. The van der Waals surface area contributed by atoms with Crippen molar-refractivity contribution in [1.29, 1.82) is 0 Å². The summed E-state index contributed by atoms with van der Waals surface area (Å²) in [6.07, 6.45) is -2.91. The highest BCUT2D eigenvalue weighted by molar-refractivity contribution is 6.31. The summed E-state index contributed by atoms with van der Waals surface area (Å²) in [5.74, 6) is -1.18. The molecular weight excluding hydrogens is 195 g/mol. The Kier molecular flexibility index (Phi) is 2.42. The maximum Gasteiger partial charge on any atom is 0.284 e. The first kappa shape index (κ1) is 9.12. The molecule has 6 heteroatoms. The monoisotopic (exact) mass is 197 g/mol. The van der Waals surface area contributed by atoms with Crippen molar-refractivity contribution in [3.05, 3.63) is 33.0 Å². The van der Waals surface area contributed by atoms with E-state index >= 15 is 0 Å². The van der Waals surface area contributed by atoms with E-state index in [2.05, 4.69) is 0 Å². The SMILES string of the molecule is O=c1[nH]c(C(F)F)c(Cl)cc1F. The van der Waals surface area contributed by atoms with E-state index in [9.17, 15) is 18.0 Å². The van der Waals surface area contributed by atoms with Crippen molar-refractivity contribution >= 4 is 11.6 Å². The Balaban J connectivity index is 3.33. The van der Waals surface area contributed by atoms with Gasteiger partial charge in [0.25, 0.3) is 12.0 Å². The second kappa shape index (κ2) is 3.18. The Labute approximate surface area is 70.0 Å². The molecule has 0 saturated heterocycles. The van der Waals surface area contributed by atoms with E-state index < -0.39 is 28.5 Å². The summed E-state index contributed by atoms with van der Waals surface area (Å²) in [4.78, 5) is 12.1. The molecule has 1 aromatic rings. The number of alkyl halides is 2. The summed E-state index contributed by atoms with van der Waals surface area (Å²) < 4.78 is 36.3. The number of aromatic nitrogens is 1. The number of hydrogen-bond acceptors (Lipinski definition) is 1. The van der Waals surface area contributed by atoms with Crippen LogP contribution in [0.15, 0.2) is 10.9 Å². The number of aromatic amines is 1. The third-order valence-corrected chi connectivity index (χ3v) is 1.51. The van der Waals surface area contributed by atoms with E-state index in [0.29, 0.717) is 6.07 Å². The van der Waals surface area contributed by atoms with E-state index in [1.807, 2.05) is 0 Å². The van der Waals surface area contributed by atoms with Crippen LogP contribution in [0.2, 0.25) is 5.02 Å². The fourth-order valence-electron chi connectivity index (χ4n) is 0.655. The molecule has 1 N–H and O–H groups in total. The second-order valence-corrected chi connectivity index (χ2v) is 2.42. The second-order valence-electron chi connectivity index (χ2n) is 2.01. The summed E-state index contributed by atoms with van der Waals surface area (Å²) in [5, 5.41) is -0.484. The average molecular weight is 198 g/mol. The molecule has 0 bridgehead atoms. The van der Waals surface area contributed by atoms with Gasteiger partial charge in [0.05, 0.1) is 5.02 Å². The van der Waals surface area contributed by atoms with Gasteiger partial charge in [0.2, 0.25) is 0 Å². The quantitative estimate of drug-likeness (QED) is 0.735. The maximum atomic E-state index is 12.3. The molecule has 66 valence electrons. The molecular formula is C6H3ClF3NO. The van der Waals surface area contributed by atoms with Gasteiger partial charge < -0.3 is 4.98 Å². The van der Waals surface area contributed by atoms with E-state index in [-0.39, 0.29) is 0 Å². The molecule has 0 aliphatic carbocycles. The number of halogens is 4. The summed E-state index contributed by atoms with van der Waals surface area (Å²) in [6, 6.07) is 0.557. The van der Waals surface area contributed by atoms with Gasteiger partial charge in [0, 0.05) is 6.07 Å². The van der Waals surface area contributed by atoms with Crippen LogP contribution in [0.1, 0.15) is 12.1 Å². The predicted molar refractivity (Wildman–Crippen MR) is 37.0 cm³/mol. The summed E-state index contributed by atoms with van der Waals surface area (Å²) in [5.41, 5.74) is -1.96. The Morgan fingerprint density at radius 1 is 1.50 bits per heavy atom. The Morgan fingerprint density at radius 2 is 2.08 bits per heavy atom. The molecule has 2 nitrogen and oxygen atoms in total. The lowest BCUT2D eigenvalue weighted by Gasteiger charge is -2.00. The summed E-state index contributed by atoms with van der Waals surface area (Å²) in [7, 11) is 0. The van der Waals surface area contributed by atoms with Gasteiger partial charge in [-0.2, -0.15) is 0 Å². The lowest BCUT2D eigenvalue weighted by Crippen LogP contribution is -2.13. The fraction of sp³-hybridized carbons (Fsp3) is 0.167. The van der Waals surface area contributed by atoms with Crippen LogP contribution in [0.5, 0.6) is 0 Å². The number of nitrogens with one attached hydrogen (secondary N) is 1. The van der Waals surface area contributed by atoms with Gasteiger partial charge in [-0.15, -0.1) is 0 Å². The van der Waals surface area contributed by atoms with Gasteiger partial charge in [-0.25, -0.2) is 13.2 Å². The molecule has 0 aromatic carbocycles. The van der Waals surface area contributed by atoms with Crippen LogP contribution in [0.4, 0.5) is 13.2 Å². The number of pyridine rings is 1. The number of hydrogen-bond donors (Lipinski definition) is 1. The zero-order valence-corrected chi connectivity index (χ0v) is 6.33. The van der Waals surface area contributed by atoms with Crippen molar-refractivity contribution < 1.29 is 13.2 Å². The summed E-state index contributed by atoms with van der Waals surface area (Å²) >= 11 is 5.21. The number of H-pyrrole nitrogens is 1. The van der Waals surface area contributed by atoms with Crippen molar-refractivity contribution in [3.63, 3.8) is 0 Å². The van der Waals surface area contributed by atoms with Crippen molar-refractivity contribution in [2.45, 2.75) is 6.43 Å². The largest absolute Gasteiger partial charge is 0.317 e.